The van der Waals surface area contributed by atoms with Gasteiger partial charge in [0.2, 0.25) is 0 Å². The SMILES string of the molecule is CC(C)(C)C(C)(C)C.CC(C)(C)C(c1ccccc1)c1ccccc1.CC(C)(C)C1CCCCC1.CC(C)(C)CC(C)(C)C.CC(C)(C)CC1CCCCC1.CC(C)(C)Cc1ccccc1.CC(C)(C)c1ccccc1.CC(C)C(C)(C)C.CC(C)CC(C)(C)C.Cc1ccccc1CC(C)(C)C. The number of rotatable bonds is 6. The van der Waals surface area contributed by atoms with Gasteiger partial charge in [-0.05, 0) is 174 Å². The zero-order valence-electron chi connectivity index (χ0n) is 77.3. The molecule has 0 amide bonds. The summed E-state index contributed by atoms with van der Waals surface area (Å²) < 4.78 is 0. The maximum absolute atomic E-state index is 2.38. The molecule has 0 heterocycles. The molecule has 0 spiro atoms. The summed E-state index contributed by atoms with van der Waals surface area (Å²) in [6, 6.07) is 51.3. The monoisotopic (exact) mass is 1420 g/mol. The normalized spacial score (nSPS) is 14.4. The zero-order chi connectivity index (χ0) is 80.9. The van der Waals surface area contributed by atoms with Gasteiger partial charge in [0.05, 0.1) is 0 Å². The van der Waals surface area contributed by atoms with Crippen LogP contribution in [-0.4, -0.2) is 0 Å². The summed E-state index contributed by atoms with van der Waals surface area (Å²) in [6.07, 6.45) is 21.2. The van der Waals surface area contributed by atoms with E-state index in [1.807, 2.05) is 0 Å². The fraction of sp³-hybridized carbons (Fsp3) is 0.709. The van der Waals surface area contributed by atoms with Gasteiger partial charge < -0.3 is 0 Å². The molecule has 0 unspecified atom stereocenters. The molecular weight excluding hydrogens is 1240 g/mol. The van der Waals surface area contributed by atoms with Crippen LogP contribution in [0.15, 0.2) is 146 Å². The highest BCUT2D eigenvalue weighted by atomic mass is 14.3. The molecule has 594 valence electrons. The minimum atomic E-state index is 0.225. The molecule has 5 aromatic rings. The second kappa shape index (κ2) is 47.1. The third kappa shape index (κ3) is 60.8. The van der Waals surface area contributed by atoms with Crippen molar-refractivity contribution >= 4 is 0 Å². The summed E-state index contributed by atoms with van der Waals surface area (Å²) in [5.41, 5.74) is 13.8. The number of hydrogen-bond donors (Lipinski definition) is 0. The van der Waals surface area contributed by atoms with Gasteiger partial charge in [0.1, 0.15) is 0 Å². The van der Waals surface area contributed by atoms with E-state index in [4.69, 9.17) is 0 Å². The van der Waals surface area contributed by atoms with E-state index in [0.717, 1.165) is 30.1 Å². The summed E-state index contributed by atoms with van der Waals surface area (Å²) in [4.78, 5) is 0. The number of hydrogen-bond acceptors (Lipinski definition) is 0. The molecule has 2 fully saturated rings. The Kier molecular flexibility index (Phi) is 47.2. The van der Waals surface area contributed by atoms with Crippen LogP contribution in [0.25, 0.3) is 0 Å². The second-order valence-electron chi connectivity index (χ2n) is 45.6. The van der Waals surface area contributed by atoms with Crippen LogP contribution in [0.5, 0.6) is 0 Å². The third-order valence-corrected chi connectivity index (χ3v) is 19.9. The van der Waals surface area contributed by atoms with Crippen LogP contribution >= 0.6 is 0 Å². The van der Waals surface area contributed by atoms with E-state index in [1.54, 1.807) is 0 Å². The second-order valence-corrected chi connectivity index (χ2v) is 45.6. The Bertz CT molecular complexity index is 2710. The van der Waals surface area contributed by atoms with Crippen molar-refractivity contribution in [2.24, 2.45) is 83.2 Å². The molecule has 0 N–H and O–H groups in total. The predicted molar refractivity (Wildman–Crippen MR) is 476 cm³/mol. The van der Waals surface area contributed by atoms with E-state index in [-0.39, 0.29) is 5.41 Å². The summed E-state index contributed by atoms with van der Waals surface area (Å²) >= 11 is 0. The largest absolute Gasteiger partial charge is 0.0628 e. The van der Waals surface area contributed by atoms with Crippen LogP contribution in [0.1, 0.15) is 400 Å². The Morgan fingerprint density at radius 2 is 0.660 bits per heavy atom. The van der Waals surface area contributed by atoms with E-state index in [2.05, 4.69) is 429 Å². The summed E-state index contributed by atoms with van der Waals surface area (Å²) in [6.45, 7) is 93.7. The zero-order valence-corrected chi connectivity index (χ0v) is 77.3. The highest BCUT2D eigenvalue weighted by Crippen LogP contribution is 2.42. The summed E-state index contributed by atoms with van der Waals surface area (Å²) in [5, 5.41) is 0. The van der Waals surface area contributed by atoms with Crippen LogP contribution in [0.3, 0.4) is 0 Å². The lowest BCUT2D eigenvalue weighted by Crippen LogP contribution is -2.25. The van der Waals surface area contributed by atoms with Crippen molar-refractivity contribution in [2.75, 3.05) is 0 Å². The molecule has 103 heavy (non-hydrogen) atoms. The van der Waals surface area contributed by atoms with Crippen LogP contribution in [-0.2, 0) is 18.3 Å². The van der Waals surface area contributed by atoms with Crippen molar-refractivity contribution in [2.45, 2.75) is 392 Å². The highest BCUT2D eigenvalue weighted by molar-refractivity contribution is 5.34. The Morgan fingerprint density at radius 3 is 0.893 bits per heavy atom. The minimum absolute atomic E-state index is 0.225. The average Bonchev–Trinajstić information content (AvgIpc) is 0.810. The Hall–Kier alpha value is -3.90. The molecule has 0 nitrogen and oxygen atoms in total. The maximum atomic E-state index is 2.38. The minimum Gasteiger partial charge on any atom is -0.0628 e. The van der Waals surface area contributed by atoms with Gasteiger partial charge in [-0.2, -0.15) is 0 Å². The molecule has 0 atom stereocenters. The fourth-order valence-electron chi connectivity index (χ4n) is 13.1. The highest BCUT2D eigenvalue weighted by Gasteiger charge is 2.29. The quantitative estimate of drug-likeness (QED) is 0.159. The molecule has 0 heteroatoms. The van der Waals surface area contributed by atoms with Gasteiger partial charge >= 0.3 is 0 Å². The van der Waals surface area contributed by atoms with Crippen LogP contribution in [0.4, 0.5) is 0 Å². The van der Waals surface area contributed by atoms with Crippen LogP contribution in [0.2, 0.25) is 0 Å². The summed E-state index contributed by atoms with van der Waals surface area (Å²) in [5.74, 6) is 4.14. The standard InChI is InChI=1S/C17H20.C12H18.C11H22.C11H16.C10H20.C10H14.C9H20.2C8H18.C7H16/c1-17(2,3)16(14-10-6-4-7-11-14)15-12-8-5-9-13-15;1-10-7-5-6-8-11(10)9-12(2,3)4;2*1-11(2,3)9-10-7-5-4-6-8-10;2*1-10(2,3)9-7-5-4-6-8-9;1-8(2,3)7-9(4,5)6;1-7(2)6-8(3,4)5;1-7(2,3)8(4,5)6;1-6(2)7(3,4)5/h4-13,16H,1-3H3;5-8H,9H2,1-4H3;10H,4-9H2,1-3H3;4-8H,9H2,1-3H3;9H,4-8H2,1-3H3;4-8H,1-3H3;7H2,1-6H3;7H,6H2,1-5H3;1-6H3;6H,1-5H3. The Balaban J connectivity index is -0.00000109. The number of benzene rings is 5. The van der Waals surface area contributed by atoms with E-state index in [0.29, 0.717) is 65.5 Å². The van der Waals surface area contributed by atoms with Gasteiger partial charge in [0.15, 0.2) is 0 Å². The van der Waals surface area contributed by atoms with Gasteiger partial charge in [-0.3, -0.25) is 0 Å². The first-order valence-electron chi connectivity index (χ1n) is 41.5. The molecule has 2 aliphatic carbocycles. The van der Waals surface area contributed by atoms with Crippen molar-refractivity contribution in [3.63, 3.8) is 0 Å². The molecule has 0 aromatic heterocycles. The fourth-order valence-corrected chi connectivity index (χ4v) is 13.1. The molecule has 0 radical (unpaired) electrons. The van der Waals surface area contributed by atoms with Crippen LogP contribution < -0.4 is 0 Å². The van der Waals surface area contributed by atoms with Gasteiger partial charge in [0.25, 0.3) is 0 Å². The van der Waals surface area contributed by atoms with Crippen molar-refractivity contribution < 1.29 is 0 Å². The average molecular weight is 1420 g/mol. The first-order valence-corrected chi connectivity index (χ1v) is 41.5. The molecule has 5 aromatic carbocycles. The van der Waals surface area contributed by atoms with E-state index in [9.17, 15) is 0 Å². The topological polar surface area (TPSA) is 0 Å². The van der Waals surface area contributed by atoms with Crippen molar-refractivity contribution in [3.8, 4) is 0 Å². The smallest absolute Gasteiger partial charge is 0.0138 e. The van der Waals surface area contributed by atoms with E-state index in [1.165, 1.54) is 123 Å². The third-order valence-electron chi connectivity index (χ3n) is 19.9. The van der Waals surface area contributed by atoms with Gasteiger partial charge in [-0.15, -0.1) is 0 Å². The lowest BCUT2D eigenvalue weighted by Gasteiger charge is -2.34. The Labute approximate surface area is 649 Å². The number of aryl methyl sites for hydroxylation is 1. The summed E-state index contributed by atoms with van der Waals surface area (Å²) in [7, 11) is 0. The van der Waals surface area contributed by atoms with Crippen LogP contribution in [0, 0.1) is 90.2 Å². The molecule has 2 saturated carbocycles. The van der Waals surface area contributed by atoms with E-state index < -0.39 is 0 Å². The molecule has 7 rings (SSSR count). The molecule has 0 aliphatic heterocycles. The van der Waals surface area contributed by atoms with Crippen molar-refractivity contribution in [3.05, 3.63) is 179 Å². The lowest BCUT2D eigenvalue weighted by molar-refractivity contribution is 0.157. The lowest BCUT2D eigenvalue weighted by atomic mass is 9.71. The predicted octanol–water partition coefficient (Wildman–Crippen LogP) is 34.6. The van der Waals surface area contributed by atoms with Gasteiger partial charge in [-0.25, -0.2) is 0 Å². The first-order chi connectivity index (χ1) is 46.3. The maximum Gasteiger partial charge on any atom is 0.0138 e. The molecule has 0 saturated heterocycles. The van der Waals surface area contributed by atoms with Gasteiger partial charge in [0, 0.05) is 5.92 Å². The first kappa shape index (κ1) is 103. The molecule has 0 bridgehead atoms. The van der Waals surface area contributed by atoms with Gasteiger partial charge in [-0.1, -0.05) is 474 Å². The van der Waals surface area contributed by atoms with Crippen molar-refractivity contribution in [1.29, 1.82) is 0 Å². The van der Waals surface area contributed by atoms with Crippen molar-refractivity contribution in [1.82, 2.24) is 0 Å². The van der Waals surface area contributed by atoms with E-state index >= 15 is 0 Å². The molecule has 2 aliphatic rings. The Morgan fingerprint density at radius 1 is 0.330 bits per heavy atom. The molecular formula is C103H182.